The predicted octanol–water partition coefficient (Wildman–Crippen LogP) is 4.04. The van der Waals surface area contributed by atoms with Gasteiger partial charge < -0.3 is 20.3 Å². The third-order valence-electron chi connectivity index (χ3n) is 5.93. The molecule has 2 heterocycles. The van der Waals surface area contributed by atoms with Crippen molar-refractivity contribution < 1.29 is 14.3 Å². The Morgan fingerprint density at radius 3 is 2.31 bits per heavy atom. The van der Waals surface area contributed by atoms with Crippen LogP contribution in [0.25, 0.3) is 0 Å². The number of carbonyl (C=O) groups is 2. The summed E-state index contributed by atoms with van der Waals surface area (Å²) < 4.78 is 5.35. The van der Waals surface area contributed by atoms with E-state index in [-0.39, 0.29) is 30.1 Å². The molecular formula is C23H27N3O3. The molecule has 152 valence electrons. The number of benzene rings is 2. The lowest BCUT2D eigenvalue weighted by atomic mass is 9.82. The van der Waals surface area contributed by atoms with E-state index in [1.165, 1.54) is 0 Å². The number of anilines is 1. The van der Waals surface area contributed by atoms with Crippen LogP contribution >= 0.6 is 0 Å². The summed E-state index contributed by atoms with van der Waals surface area (Å²) in [5.41, 5.74) is 1.35. The predicted molar refractivity (Wildman–Crippen MR) is 112 cm³/mol. The number of nitrogens with zero attached hydrogens (tertiary/aromatic N) is 1. The lowest BCUT2D eigenvalue weighted by Crippen LogP contribution is -2.59. The maximum absolute atomic E-state index is 13.1. The molecule has 2 aromatic carbocycles. The molecule has 2 aliphatic rings. The number of ether oxygens (including phenoxy) is 1. The number of piperidine rings is 2. The van der Waals surface area contributed by atoms with E-state index in [0.717, 1.165) is 32.1 Å². The van der Waals surface area contributed by atoms with Crippen molar-refractivity contribution in [2.75, 3.05) is 12.4 Å². The highest BCUT2D eigenvalue weighted by atomic mass is 16.5. The van der Waals surface area contributed by atoms with Crippen LogP contribution in [0.1, 0.15) is 42.5 Å². The van der Waals surface area contributed by atoms with Gasteiger partial charge in [-0.25, -0.2) is 4.79 Å². The summed E-state index contributed by atoms with van der Waals surface area (Å²) in [4.78, 5) is 27.6. The van der Waals surface area contributed by atoms with Crippen molar-refractivity contribution in [3.05, 3.63) is 60.2 Å². The van der Waals surface area contributed by atoms with Gasteiger partial charge in [-0.1, -0.05) is 30.3 Å². The van der Waals surface area contributed by atoms with Crippen molar-refractivity contribution in [2.24, 2.45) is 0 Å². The minimum atomic E-state index is -0.0861. The van der Waals surface area contributed by atoms with Gasteiger partial charge >= 0.3 is 6.03 Å². The molecule has 1 unspecified atom stereocenters. The molecule has 0 aromatic heterocycles. The standard InChI is InChI=1S/C23H27N3O3/c1-29-21-13-6-5-12-20(21)25-23(28)26-18-10-7-11-19(26)15-17(14-18)24-22(27)16-8-3-2-4-9-16/h2-6,8-9,12-13,17-19H,7,10-11,14-15H2,1H3,(H,24,27)(H,25,28)/t17?,18-,19+. The van der Waals surface area contributed by atoms with Crippen LogP contribution in [0.3, 0.4) is 0 Å². The van der Waals surface area contributed by atoms with Gasteiger partial charge in [-0.3, -0.25) is 4.79 Å². The molecule has 2 bridgehead atoms. The third kappa shape index (κ3) is 4.21. The zero-order valence-corrected chi connectivity index (χ0v) is 16.6. The summed E-state index contributed by atoms with van der Waals surface area (Å²) in [5.74, 6) is 0.608. The molecule has 0 saturated carbocycles. The number of fused-ring (bicyclic) bond motifs is 2. The first-order valence-corrected chi connectivity index (χ1v) is 10.2. The van der Waals surface area contributed by atoms with Crippen molar-refractivity contribution in [2.45, 2.75) is 50.2 Å². The Kier molecular flexibility index (Phi) is 5.69. The zero-order valence-electron chi connectivity index (χ0n) is 16.6. The molecule has 0 spiro atoms. The van der Waals surface area contributed by atoms with Crippen molar-refractivity contribution >= 4 is 17.6 Å². The molecule has 6 heteroatoms. The molecule has 2 aliphatic heterocycles. The Balaban J connectivity index is 1.43. The molecule has 3 atom stereocenters. The Bertz CT molecular complexity index is 857. The largest absolute Gasteiger partial charge is 0.495 e. The number of carbonyl (C=O) groups excluding carboxylic acids is 2. The minimum Gasteiger partial charge on any atom is -0.495 e. The molecule has 0 aliphatic carbocycles. The number of methoxy groups -OCH3 is 1. The van der Waals surface area contributed by atoms with E-state index in [2.05, 4.69) is 10.6 Å². The molecule has 2 N–H and O–H groups in total. The lowest BCUT2D eigenvalue weighted by Gasteiger charge is -2.48. The molecule has 4 rings (SSSR count). The fraction of sp³-hybridized carbons (Fsp3) is 0.391. The summed E-state index contributed by atoms with van der Waals surface area (Å²) in [5, 5.41) is 6.19. The third-order valence-corrected chi connectivity index (χ3v) is 5.93. The van der Waals surface area contributed by atoms with Crippen LogP contribution in [-0.2, 0) is 0 Å². The zero-order chi connectivity index (χ0) is 20.2. The van der Waals surface area contributed by atoms with Crippen molar-refractivity contribution in [1.29, 1.82) is 0 Å². The second-order valence-electron chi connectivity index (χ2n) is 7.78. The topological polar surface area (TPSA) is 70.7 Å². The second-order valence-corrected chi connectivity index (χ2v) is 7.78. The van der Waals surface area contributed by atoms with E-state index >= 15 is 0 Å². The van der Waals surface area contributed by atoms with Gasteiger partial charge in [0.1, 0.15) is 5.75 Å². The van der Waals surface area contributed by atoms with Gasteiger partial charge in [0.25, 0.3) is 5.91 Å². The maximum Gasteiger partial charge on any atom is 0.322 e. The van der Waals surface area contributed by atoms with Crippen molar-refractivity contribution in [1.82, 2.24) is 10.2 Å². The van der Waals surface area contributed by atoms with Gasteiger partial charge in [0, 0.05) is 23.7 Å². The van der Waals surface area contributed by atoms with Crippen molar-refractivity contribution in [3.63, 3.8) is 0 Å². The van der Waals surface area contributed by atoms with Gasteiger partial charge in [0.15, 0.2) is 0 Å². The molecular weight excluding hydrogens is 366 g/mol. The van der Waals surface area contributed by atoms with Crippen LogP contribution < -0.4 is 15.4 Å². The second kappa shape index (κ2) is 8.55. The Hall–Kier alpha value is -3.02. The molecule has 2 fully saturated rings. The van der Waals surface area contributed by atoms with Gasteiger partial charge in [0.05, 0.1) is 12.8 Å². The highest BCUT2D eigenvalue weighted by Gasteiger charge is 2.41. The molecule has 0 radical (unpaired) electrons. The lowest BCUT2D eigenvalue weighted by molar-refractivity contribution is 0.0576. The molecule has 3 amide bonds. The monoisotopic (exact) mass is 393 g/mol. The number of hydrogen-bond acceptors (Lipinski definition) is 3. The fourth-order valence-corrected chi connectivity index (χ4v) is 4.62. The van der Waals surface area contributed by atoms with E-state index in [1.807, 2.05) is 59.5 Å². The Morgan fingerprint density at radius 2 is 1.62 bits per heavy atom. The van der Waals surface area contributed by atoms with Crippen LogP contribution in [0, 0.1) is 0 Å². The fourth-order valence-electron chi connectivity index (χ4n) is 4.62. The molecule has 29 heavy (non-hydrogen) atoms. The van der Waals surface area contributed by atoms with Gasteiger partial charge in [0.2, 0.25) is 0 Å². The van der Waals surface area contributed by atoms with E-state index in [0.29, 0.717) is 17.0 Å². The first-order valence-electron chi connectivity index (χ1n) is 10.2. The summed E-state index contributed by atoms with van der Waals surface area (Å²) in [6.07, 6.45) is 4.62. The Labute approximate surface area is 171 Å². The SMILES string of the molecule is COc1ccccc1NC(=O)N1[C@@H]2CCC[C@H]1CC(NC(=O)c1ccccc1)C2. The number of nitrogens with one attached hydrogen (secondary N) is 2. The number of rotatable bonds is 4. The van der Waals surface area contributed by atoms with E-state index in [9.17, 15) is 9.59 Å². The average Bonchev–Trinajstić information content (AvgIpc) is 2.74. The van der Waals surface area contributed by atoms with Crippen LogP contribution in [0.2, 0.25) is 0 Å². The minimum absolute atomic E-state index is 0.0411. The first kappa shape index (κ1) is 19.3. The smallest absolute Gasteiger partial charge is 0.322 e. The number of hydrogen-bond donors (Lipinski definition) is 2. The quantitative estimate of drug-likeness (QED) is 0.823. The number of para-hydroxylation sites is 2. The van der Waals surface area contributed by atoms with Gasteiger partial charge in [-0.15, -0.1) is 0 Å². The summed E-state index contributed by atoms with van der Waals surface area (Å²) in [6, 6.07) is 17.0. The van der Waals surface area contributed by atoms with Crippen LogP contribution in [0.4, 0.5) is 10.5 Å². The normalized spacial score (nSPS) is 23.2. The maximum atomic E-state index is 13.1. The average molecular weight is 393 g/mol. The van der Waals surface area contributed by atoms with Crippen LogP contribution in [-0.4, -0.2) is 42.1 Å². The van der Waals surface area contributed by atoms with Gasteiger partial charge in [-0.2, -0.15) is 0 Å². The van der Waals surface area contributed by atoms with Crippen LogP contribution in [0.5, 0.6) is 5.75 Å². The Morgan fingerprint density at radius 1 is 0.966 bits per heavy atom. The van der Waals surface area contributed by atoms with Gasteiger partial charge in [-0.05, 0) is 56.4 Å². The molecule has 6 nitrogen and oxygen atoms in total. The first-order chi connectivity index (χ1) is 14.2. The number of amides is 3. The van der Waals surface area contributed by atoms with E-state index in [4.69, 9.17) is 4.74 Å². The molecule has 2 saturated heterocycles. The summed E-state index contributed by atoms with van der Waals surface area (Å²) >= 11 is 0. The van der Waals surface area contributed by atoms with E-state index in [1.54, 1.807) is 7.11 Å². The summed E-state index contributed by atoms with van der Waals surface area (Å²) in [6.45, 7) is 0. The van der Waals surface area contributed by atoms with Crippen molar-refractivity contribution in [3.8, 4) is 5.75 Å². The van der Waals surface area contributed by atoms with E-state index < -0.39 is 0 Å². The number of urea groups is 1. The highest BCUT2D eigenvalue weighted by molar-refractivity contribution is 5.94. The van der Waals surface area contributed by atoms with Crippen LogP contribution in [0.15, 0.2) is 54.6 Å². The summed E-state index contributed by atoms with van der Waals surface area (Å²) in [7, 11) is 1.60. The highest BCUT2D eigenvalue weighted by Crippen LogP contribution is 2.35. The molecule has 2 aromatic rings.